The topological polar surface area (TPSA) is 67.9 Å². The Morgan fingerprint density at radius 3 is 2.66 bits per heavy atom. The SMILES string of the molecule is Cc1ccc([C@H](NC(=O)[C@H]2C[C@H]3C[C@H]3N2C(=O)OCc2ccccc2)C2COC2)c(F)c1. The number of carbonyl (C=O) groups excluding carboxylic acids is 2. The molecule has 1 aliphatic carbocycles. The van der Waals surface area contributed by atoms with Gasteiger partial charge in [-0.3, -0.25) is 9.69 Å². The first kappa shape index (κ1) is 20.9. The van der Waals surface area contributed by atoms with Gasteiger partial charge in [0.15, 0.2) is 0 Å². The molecule has 0 bridgehead atoms. The van der Waals surface area contributed by atoms with Crippen molar-refractivity contribution < 1.29 is 23.5 Å². The van der Waals surface area contributed by atoms with Gasteiger partial charge < -0.3 is 14.8 Å². The molecule has 2 aliphatic heterocycles. The molecule has 2 heterocycles. The van der Waals surface area contributed by atoms with E-state index in [0.717, 1.165) is 17.5 Å². The zero-order chi connectivity index (χ0) is 22.2. The van der Waals surface area contributed by atoms with Crippen LogP contribution in [0, 0.1) is 24.6 Å². The zero-order valence-electron chi connectivity index (χ0n) is 18.0. The van der Waals surface area contributed by atoms with E-state index in [4.69, 9.17) is 9.47 Å². The summed E-state index contributed by atoms with van der Waals surface area (Å²) in [6.07, 6.45) is 1.04. The van der Waals surface area contributed by atoms with Crippen molar-refractivity contribution in [1.82, 2.24) is 10.2 Å². The maximum atomic E-state index is 14.7. The van der Waals surface area contributed by atoms with E-state index in [2.05, 4.69) is 5.32 Å². The van der Waals surface area contributed by atoms with Crippen molar-refractivity contribution in [3.63, 3.8) is 0 Å². The number of benzene rings is 2. The molecule has 2 saturated heterocycles. The third kappa shape index (κ3) is 4.09. The molecule has 32 heavy (non-hydrogen) atoms. The first-order chi connectivity index (χ1) is 15.5. The predicted octanol–water partition coefficient (Wildman–Crippen LogP) is 3.74. The molecule has 0 spiro atoms. The lowest BCUT2D eigenvalue weighted by atomic mass is 9.90. The summed E-state index contributed by atoms with van der Waals surface area (Å²) in [5.41, 5.74) is 2.18. The third-order valence-corrected chi connectivity index (χ3v) is 6.75. The van der Waals surface area contributed by atoms with Gasteiger partial charge in [0.1, 0.15) is 18.5 Å². The minimum Gasteiger partial charge on any atom is -0.445 e. The Morgan fingerprint density at radius 2 is 1.97 bits per heavy atom. The number of halogens is 1. The summed E-state index contributed by atoms with van der Waals surface area (Å²) < 4.78 is 25.5. The summed E-state index contributed by atoms with van der Waals surface area (Å²) in [4.78, 5) is 27.7. The van der Waals surface area contributed by atoms with Crippen LogP contribution in [-0.2, 0) is 20.9 Å². The standard InChI is InChI=1S/C25H27FN2O4/c1-15-7-8-19(20(26)9-15)23(18-13-31-14-18)27-24(29)22-11-17-10-21(17)28(22)25(30)32-12-16-5-3-2-4-6-16/h2-9,17-18,21-23H,10-14H2,1H3,(H,27,29)/t17-,21-,22-,23-/m1/s1. The third-order valence-electron chi connectivity index (χ3n) is 6.75. The zero-order valence-corrected chi connectivity index (χ0v) is 18.0. The van der Waals surface area contributed by atoms with E-state index in [1.807, 2.05) is 43.3 Å². The van der Waals surface area contributed by atoms with Gasteiger partial charge in [-0.1, -0.05) is 42.5 Å². The van der Waals surface area contributed by atoms with Gasteiger partial charge in [-0.15, -0.1) is 0 Å². The smallest absolute Gasteiger partial charge is 0.411 e. The second-order valence-electron chi connectivity index (χ2n) is 9.07. The molecule has 3 fully saturated rings. The van der Waals surface area contributed by atoms with Gasteiger partial charge in [-0.2, -0.15) is 0 Å². The molecule has 6 nitrogen and oxygen atoms in total. The molecule has 1 N–H and O–H groups in total. The Balaban J connectivity index is 1.29. The quantitative estimate of drug-likeness (QED) is 0.746. The minimum absolute atomic E-state index is 0.00516. The molecule has 5 rings (SSSR count). The summed E-state index contributed by atoms with van der Waals surface area (Å²) in [6, 6.07) is 13.5. The molecule has 0 aromatic heterocycles. The Labute approximate surface area is 186 Å². The van der Waals surface area contributed by atoms with Crippen LogP contribution in [0.3, 0.4) is 0 Å². The number of rotatable bonds is 6. The number of hydrogen-bond acceptors (Lipinski definition) is 4. The van der Waals surface area contributed by atoms with Crippen molar-refractivity contribution in [1.29, 1.82) is 0 Å². The summed E-state index contributed by atoms with van der Waals surface area (Å²) in [5.74, 6) is -0.261. The van der Waals surface area contributed by atoms with E-state index in [-0.39, 0.29) is 30.3 Å². The molecule has 168 valence electrons. The molecular weight excluding hydrogens is 411 g/mol. The fourth-order valence-electron chi connectivity index (χ4n) is 4.78. The molecule has 7 heteroatoms. The summed E-state index contributed by atoms with van der Waals surface area (Å²) in [7, 11) is 0. The number of likely N-dealkylation sites (tertiary alicyclic amines) is 1. The van der Waals surface area contributed by atoms with Crippen LogP contribution in [0.25, 0.3) is 0 Å². The van der Waals surface area contributed by atoms with Gasteiger partial charge in [0.05, 0.1) is 19.3 Å². The summed E-state index contributed by atoms with van der Waals surface area (Å²) in [6.45, 7) is 2.93. The second kappa shape index (κ2) is 8.54. The molecule has 0 unspecified atom stereocenters. The molecule has 2 aromatic carbocycles. The fraction of sp³-hybridized carbons (Fsp3) is 0.440. The number of piperidine rings is 1. The minimum atomic E-state index is -0.598. The maximum absolute atomic E-state index is 14.7. The second-order valence-corrected chi connectivity index (χ2v) is 9.07. The first-order valence-electron chi connectivity index (χ1n) is 11.1. The van der Waals surface area contributed by atoms with Crippen LogP contribution in [0.1, 0.15) is 35.6 Å². The molecule has 3 aliphatic rings. The van der Waals surface area contributed by atoms with E-state index >= 15 is 0 Å². The van der Waals surface area contributed by atoms with Crippen molar-refractivity contribution in [3.05, 3.63) is 71.0 Å². The maximum Gasteiger partial charge on any atom is 0.411 e. The van der Waals surface area contributed by atoms with E-state index in [9.17, 15) is 14.0 Å². The van der Waals surface area contributed by atoms with Crippen molar-refractivity contribution in [3.8, 4) is 0 Å². The Bertz CT molecular complexity index is 1010. The Kier molecular flexibility index (Phi) is 5.59. The first-order valence-corrected chi connectivity index (χ1v) is 11.1. The highest BCUT2D eigenvalue weighted by Gasteiger charge is 2.57. The van der Waals surface area contributed by atoms with Gasteiger partial charge in [0.25, 0.3) is 0 Å². The van der Waals surface area contributed by atoms with Crippen molar-refractivity contribution in [2.24, 2.45) is 11.8 Å². The lowest BCUT2D eigenvalue weighted by Gasteiger charge is -2.36. The summed E-state index contributed by atoms with van der Waals surface area (Å²) in [5, 5.41) is 3.03. The van der Waals surface area contributed by atoms with Gasteiger partial charge in [0.2, 0.25) is 5.91 Å². The van der Waals surface area contributed by atoms with Gasteiger partial charge in [-0.05, 0) is 42.9 Å². The van der Waals surface area contributed by atoms with Gasteiger partial charge in [0, 0.05) is 17.5 Å². The fourth-order valence-corrected chi connectivity index (χ4v) is 4.78. The lowest BCUT2D eigenvalue weighted by molar-refractivity contribution is -0.129. The highest BCUT2D eigenvalue weighted by Crippen LogP contribution is 2.48. The number of amides is 2. The van der Waals surface area contributed by atoms with Crippen LogP contribution in [0.2, 0.25) is 0 Å². The van der Waals surface area contributed by atoms with E-state index in [0.29, 0.717) is 31.1 Å². The normalized spacial score (nSPS) is 24.9. The number of ether oxygens (including phenoxy) is 2. The highest BCUT2D eigenvalue weighted by atomic mass is 19.1. The number of nitrogens with one attached hydrogen (secondary N) is 1. The van der Waals surface area contributed by atoms with E-state index < -0.39 is 18.2 Å². The molecule has 1 saturated carbocycles. The Hall–Kier alpha value is -2.93. The molecule has 2 aromatic rings. The number of aryl methyl sites for hydroxylation is 1. The largest absolute Gasteiger partial charge is 0.445 e. The molecular formula is C25H27FN2O4. The van der Waals surface area contributed by atoms with Crippen molar-refractivity contribution in [2.75, 3.05) is 13.2 Å². The van der Waals surface area contributed by atoms with Crippen molar-refractivity contribution in [2.45, 2.75) is 44.5 Å². The monoisotopic (exact) mass is 438 g/mol. The number of nitrogens with zero attached hydrogens (tertiary/aromatic N) is 1. The number of fused-ring (bicyclic) bond motifs is 1. The average molecular weight is 438 g/mol. The van der Waals surface area contributed by atoms with E-state index in [1.54, 1.807) is 11.0 Å². The van der Waals surface area contributed by atoms with E-state index in [1.165, 1.54) is 6.07 Å². The van der Waals surface area contributed by atoms with Crippen LogP contribution in [0.4, 0.5) is 9.18 Å². The van der Waals surface area contributed by atoms with Gasteiger partial charge in [-0.25, -0.2) is 9.18 Å². The summed E-state index contributed by atoms with van der Waals surface area (Å²) >= 11 is 0. The van der Waals surface area contributed by atoms with Crippen LogP contribution < -0.4 is 5.32 Å². The molecule has 0 radical (unpaired) electrons. The highest BCUT2D eigenvalue weighted by molar-refractivity contribution is 5.87. The van der Waals surface area contributed by atoms with Crippen molar-refractivity contribution >= 4 is 12.0 Å². The number of carbonyl (C=O) groups is 2. The number of hydrogen-bond donors (Lipinski definition) is 1. The predicted molar refractivity (Wildman–Crippen MR) is 115 cm³/mol. The van der Waals surface area contributed by atoms with Crippen LogP contribution in [-0.4, -0.2) is 42.2 Å². The lowest BCUT2D eigenvalue weighted by Crippen LogP contribution is -2.51. The average Bonchev–Trinajstić information content (AvgIpc) is 3.40. The van der Waals surface area contributed by atoms with Crippen LogP contribution in [0.15, 0.2) is 48.5 Å². The molecule has 2 amide bonds. The van der Waals surface area contributed by atoms with Crippen LogP contribution in [0.5, 0.6) is 0 Å². The molecule has 4 atom stereocenters. The van der Waals surface area contributed by atoms with Crippen LogP contribution >= 0.6 is 0 Å². The Morgan fingerprint density at radius 1 is 1.19 bits per heavy atom. The van der Waals surface area contributed by atoms with Gasteiger partial charge >= 0.3 is 6.09 Å².